The lowest BCUT2D eigenvalue weighted by molar-refractivity contribution is -0.120. The van der Waals surface area contributed by atoms with Gasteiger partial charge < -0.3 is 15.2 Å². The van der Waals surface area contributed by atoms with Crippen LogP contribution in [0.15, 0.2) is 48.7 Å². The topological polar surface area (TPSA) is 48.1 Å². The molecule has 4 heteroatoms. The van der Waals surface area contributed by atoms with Gasteiger partial charge in [0.2, 0.25) is 5.91 Å². The third-order valence-electron chi connectivity index (χ3n) is 5.70. The quantitative estimate of drug-likeness (QED) is 0.675. The molecule has 2 aromatic carbocycles. The summed E-state index contributed by atoms with van der Waals surface area (Å²) in [4.78, 5) is 18.2. The zero-order valence-electron chi connectivity index (χ0n) is 16.6. The number of likely N-dealkylation sites (tertiary alicyclic amines) is 1. The number of aromatic amines is 1. The molecule has 1 amide bonds. The van der Waals surface area contributed by atoms with Crippen LogP contribution in [0.3, 0.4) is 0 Å². The predicted octanol–water partition coefficient (Wildman–Crippen LogP) is 4.29. The summed E-state index contributed by atoms with van der Waals surface area (Å²) in [5, 5.41) is 4.21. The van der Waals surface area contributed by atoms with E-state index in [9.17, 15) is 4.79 Å². The SMILES string of the molecule is Cc1ccc(-c2ccc3c(CC(=O)NCCN4CCCCC4)c[nH]c3c2)cc1. The molecule has 0 bridgehead atoms. The number of nitrogens with one attached hydrogen (secondary N) is 2. The standard InChI is InChI=1S/C24H29N3O/c1-18-5-7-19(8-6-18)20-9-10-22-21(17-26-23(22)15-20)16-24(28)25-11-14-27-12-3-2-4-13-27/h5-10,15,17,26H,2-4,11-14,16H2,1H3,(H,25,28). The van der Waals surface area contributed by atoms with Crippen molar-refractivity contribution in [3.63, 3.8) is 0 Å². The van der Waals surface area contributed by atoms with Crippen molar-refractivity contribution in [2.75, 3.05) is 26.2 Å². The molecular weight excluding hydrogens is 346 g/mol. The molecule has 0 radical (unpaired) electrons. The van der Waals surface area contributed by atoms with Crippen molar-refractivity contribution < 1.29 is 4.79 Å². The zero-order valence-corrected chi connectivity index (χ0v) is 16.6. The summed E-state index contributed by atoms with van der Waals surface area (Å²) >= 11 is 0. The van der Waals surface area contributed by atoms with Gasteiger partial charge in [0.15, 0.2) is 0 Å². The number of hydrogen-bond donors (Lipinski definition) is 2. The van der Waals surface area contributed by atoms with Crippen molar-refractivity contribution in [2.24, 2.45) is 0 Å². The highest BCUT2D eigenvalue weighted by Gasteiger charge is 2.12. The summed E-state index contributed by atoms with van der Waals surface area (Å²) in [7, 11) is 0. The average molecular weight is 376 g/mol. The molecule has 28 heavy (non-hydrogen) atoms. The molecular formula is C24H29N3O. The van der Waals surface area contributed by atoms with Gasteiger partial charge in [0.25, 0.3) is 0 Å². The Morgan fingerprint density at radius 2 is 1.79 bits per heavy atom. The van der Waals surface area contributed by atoms with Crippen molar-refractivity contribution in [1.82, 2.24) is 15.2 Å². The Kier molecular flexibility index (Phi) is 5.77. The first-order valence-electron chi connectivity index (χ1n) is 10.4. The summed E-state index contributed by atoms with van der Waals surface area (Å²) < 4.78 is 0. The van der Waals surface area contributed by atoms with E-state index >= 15 is 0 Å². The maximum absolute atomic E-state index is 12.4. The smallest absolute Gasteiger partial charge is 0.224 e. The third kappa shape index (κ3) is 4.45. The van der Waals surface area contributed by atoms with Crippen molar-refractivity contribution in [3.05, 3.63) is 59.8 Å². The van der Waals surface area contributed by atoms with E-state index in [-0.39, 0.29) is 5.91 Å². The molecule has 0 spiro atoms. The van der Waals surface area contributed by atoms with E-state index in [0.717, 1.165) is 29.6 Å². The minimum atomic E-state index is 0.0977. The maximum Gasteiger partial charge on any atom is 0.224 e. The number of aryl methyl sites for hydroxylation is 1. The summed E-state index contributed by atoms with van der Waals surface area (Å²) in [5.74, 6) is 0.0977. The highest BCUT2D eigenvalue weighted by molar-refractivity contribution is 5.91. The van der Waals surface area contributed by atoms with Crippen LogP contribution in [0.5, 0.6) is 0 Å². The molecule has 146 valence electrons. The molecule has 0 unspecified atom stereocenters. The van der Waals surface area contributed by atoms with Crippen LogP contribution in [0.4, 0.5) is 0 Å². The summed E-state index contributed by atoms with van der Waals surface area (Å²) in [6.07, 6.45) is 6.30. The minimum Gasteiger partial charge on any atom is -0.361 e. The molecule has 1 aromatic heterocycles. The number of aromatic nitrogens is 1. The van der Waals surface area contributed by atoms with Gasteiger partial charge in [0.05, 0.1) is 6.42 Å². The van der Waals surface area contributed by atoms with Crippen LogP contribution in [0.1, 0.15) is 30.4 Å². The number of rotatable bonds is 6. The van der Waals surface area contributed by atoms with Crippen LogP contribution in [0, 0.1) is 6.92 Å². The molecule has 1 aliphatic rings. The van der Waals surface area contributed by atoms with Crippen LogP contribution in [0.2, 0.25) is 0 Å². The van der Waals surface area contributed by atoms with Gasteiger partial charge in [-0.3, -0.25) is 4.79 Å². The second-order valence-corrected chi connectivity index (χ2v) is 7.87. The molecule has 2 heterocycles. The van der Waals surface area contributed by atoms with Gasteiger partial charge in [0.1, 0.15) is 0 Å². The van der Waals surface area contributed by atoms with Crippen molar-refractivity contribution in [3.8, 4) is 11.1 Å². The van der Waals surface area contributed by atoms with Gasteiger partial charge in [-0.25, -0.2) is 0 Å². The number of fused-ring (bicyclic) bond motifs is 1. The number of H-pyrrole nitrogens is 1. The van der Waals surface area contributed by atoms with Gasteiger partial charge in [-0.15, -0.1) is 0 Å². The van der Waals surface area contributed by atoms with E-state index in [4.69, 9.17) is 0 Å². The first-order valence-corrected chi connectivity index (χ1v) is 10.4. The fourth-order valence-corrected chi connectivity index (χ4v) is 4.03. The lowest BCUT2D eigenvalue weighted by Crippen LogP contribution is -2.38. The number of carbonyl (C=O) groups is 1. The second kappa shape index (κ2) is 8.61. The fourth-order valence-electron chi connectivity index (χ4n) is 4.03. The summed E-state index contributed by atoms with van der Waals surface area (Å²) in [6.45, 7) is 6.13. The Hall–Kier alpha value is -2.59. The number of amides is 1. The molecule has 1 fully saturated rings. The van der Waals surface area contributed by atoms with E-state index in [1.54, 1.807) is 0 Å². The zero-order chi connectivity index (χ0) is 19.3. The normalized spacial score (nSPS) is 15.0. The molecule has 0 atom stereocenters. The molecule has 0 saturated carbocycles. The lowest BCUT2D eigenvalue weighted by Gasteiger charge is -2.26. The van der Waals surface area contributed by atoms with E-state index < -0.39 is 0 Å². The van der Waals surface area contributed by atoms with Gasteiger partial charge in [0, 0.05) is 30.2 Å². The molecule has 0 aliphatic carbocycles. The van der Waals surface area contributed by atoms with Gasteiger partial charge >= 0.3 is 0 Å². The van der Waals surface area contributed by atoms with E-state index in [2.05, 4.69) is 64.6 Å². The van der Waals surface area contributed by atoms with E-state index in [1.807, 2.05) is 6.20 Å². The van der Waals surface area contributed by atoms with E-state index in [1.165, 1.54) is 49.0 Å². The van der Waals surface area contributed by atoms with Crippen LogP contribution < -0.4 is 5.32 Å². The molecule has 4 rings (SSSR count). The fraction of sp³-hybridized carbons (Fsp3) is 0.375. The number of nitrogens with zero attached hydrogens (tertiary/aromatic N) is 1. The van der Waals surface area contributed by atoms with Crippen LogP contribution in [0.25, 0.3) is 22.0 Å². The lowest BCUT2D eigenvalue weighted by atomic mass is 10.0. The van der Waals surface area contributed by atoms with Crippen LogP contribution in [-0.4, -0.2) is 42.0 Å². The predicted molar refractivity (Wildman–Crippen MR) is 115 cm³/mol. The summed E-state index contributed by atoms with van der Waals surface area (Å²) in [5.41, 5.74) is 5.79. The summed E-state index contributed by atoms with van der Waals surface area (Å²) in [6, 6.07) is 15.0. The van der Waals surface area contributed by atoms with Crippen LogP contribution in [-0.2, 0) is 11.2 Å². The Balaban J connectivity index is 1.37. The maximum atomic E-state index is 12.4. The first-order chi connectivity index (χ1) is 13.7. The molecule has 2 N–H and O–H groups in total. The first kappa shape index (κ1) is 18.8. The van der Waals surface area contributed by atoms with Crippen molar-refractivity contribution >= 4 is 16.8 Å². The average Bonchev–Trinajstić information content (AvgIpc) is 3.11. The largest absolute Gasteiger partial charge is 0.361 e. The van der Waals surface area contributed by atoms with Crippen molar-refractivity contribution in [2.45, 2.75) is 32.6 Å². The van der Waals surface area contributed by atoms with Crippen molar-refractivity contribution in [1.29, 1.82) is 0 Å². The Morgan fingerprint density at radius 3 is 2.57 bits per heavy atom. The van der Waals surface area contributed by atoms with Gasteiger partial charge in [-0.1, -0.05) is 48.4 Å². The number of carbonyl (C=O) groups excluding carboxylic acids is 1. The van der Waals surface area contributed by atoms with Gasteiger partial charge in [-0.2, -0.15) is 0 Å². The number of hydrogen-bond acceptors (Lipinski definition) is 2. The van der Waals surface area contributed by atoms with E-state index in [0.29, 0.717) is 6.42 Å². The molecule has 3 aromatic rings. The second-order valence-electron chi connectivity index (χ2n) is 7.87. The molecule has 1 aliphatic heterocycles. The van der Waals surface area contributed by atoms with Crippen LogP contribution >= 0.6 is 0 Å². The minimum absolute atomic E-state index is 0.0977. The molecule has 4 nitrogen and oxygen atoms in total. The highest BCUT2D eigenvalue weighted by atomic mass is 16.1. The Bertz CT molecular complexity index is 936. The van der Waals surface area contributed by atoms with Gasteiger partial charge in [-0.05, 0) is 55.6 Å². The Labute approximate surface area is 166 Å². The molecule has 1 saturated heterocycles. The monoisotopic (exact) mass is 375 g/mol. The Morgan fingerprint density at radius 1 is 1.04 bits per heavy atom. The third-order valence-corrected chi connectivity index (χ3v) is 5.70. The number of benzene rings is 2. The number of piperidine rings is 1. The highest BCUT2D eigenvalue weighted by Crippen LogP contribution is 2.26.